The van der Waals surface area contributed by atoms with Crippen LogP contribution in [0.25, 0.3) is 0 Å². The van der Waals surface area contributed by atoms with E-state index < -0.39 is 0 Å². The van der Waals surface area contributed by atoms with Crippen molar-refractivity contribution in [2.45, 2.75) is 36.6 Å². The number of H-pyrrole nitrogens is 1. The van der Waals surface area contributed by atoms with E-state index in [-0.39, 0.29) is 16.7 Å². The second-order valence-corrected chi connectivity index (χ2v) is 5.64. The SMILES string of the molecule is CCCc1cc(=O)[nH]c(S[C@@H]2CCN(C)C2=O)n1. The Morgan fingerprint density at radius 3 is 2.94 bits per heavy atom. The molecule has 0 radical (unpaired) electrons. The van der Waals surface area contributed by atoms with E-state index >= 15 is 0 Å². The summed E-state index contributed by atoms with van der Waals surface area (Å²) in [6, 6.07) is 1.52. The quantitative estimate of drug-likeness (QED) is 0.828. The summed E-state index contributed by atoms with van der Waals surface area (Å²) in [4.78, 5) is 32.1. The van der Waals surface area contributed by atoms with E-state index in [1.807, 2.05) is 6.92 Å². The lowest BCUT2D eigenvalue weighted by Crippen LogP contribution is -2.24. The molecule has 1 saturated heterocycles. The average molecular weight is 267 g/mol. The third-order valence-corrected chi connectivity index (χ3v) is 4.05. The number of nitrogens with one attached hydrogen (secondary N) is 1. The molecule has 1 aromatic rings. The van der Waals surface area contributed by atoms with Crippen LogP contribution < -0.4 is 5.56 Å². The Morgan fingerprint density at radius 1 is 1.56 bits per heavy atom. The van der Waals surface area contributed by atoms with Crippen LogP contribution in [0.5, 0.6) is 0 Å². The van der Waals surface area contributed by atoms with Crippen molar-refractivity contribution >= 4 is 17.7 Å². The number of carbonyl (C=O) groups excluding carboxylic acids is 1. The summed E-state index contributed by atoms with van der Waals surface area (Å²) in [7, 11) is 1.80. The van der Waals surface area contributed by atoms with Crippen molar-refractivity contribution in [1.29, 1.82) is 0 Å². The molecule has 1 aliphatic heterocycles. The fourth-order valence-electron chi connectivity index (χ4n) is 1.96. The van der Waals surface area contributed by atoms with Crippen LogP contribution in [-0.4, -0.2) is 39.6 Å². The highest BCUT2D eigenvalue weighted by atomic mass is 32.2. The summed E-state index contributed by atoms with van der Waals surface area (Å²) < 4.78 is 0. The van der Waals surface area contributed by atoms with Gasteiger partial charge in [-0.15, -0.1) is 0 Å². The topological polar surface area (TPSA) is 66.1 Å². The Balaban J connectivity index is 2.14. The lowest BCUT2D eigenvalue weighted by atomic mass is 10.2. The lowest BCUT2D eigenvalue weighted by Gasteiger charge is -2.09. The molecular formula is C12H17N3O2S. The van der Waals surface area contributed by atoms with Gasteiger partial charge in [-0.05, 0) is 12.8 Å². The standard InChI is InChI=1S/C12H17N3O2S/c1-3-4-8-7-10(16)14-12(13-8)18-9-5-6-15(2)11(9)17/h7,9H,3-6H2,1-2H3,(H,13,14,16)/t9-/m1/s1. The van der Waals surface area contributed by atoms with E-state index in [9.17, 15) is 9.59 Å². The van der Waals surface area contributed by atoms with E-state index in [1.165, 1.54) is 17.8 Å². The molecule has 18 heavy (non-hydrogen) atoms. The molecule has 0 aliphatic carbocycles. The van der Waals surface area contributed by atoms with Crippen LogP contribution in [0.4, 0.5) is 0 Å². The first-order valence-electron chi connectivity index (χ1n) is 6.12. The number of aromatic nitrogens is 2. The summed E-state index contributed by atoms with van der Waals surface area (Å²) in [5, 5.41) is 0.439. The van der Waals surface area contributed by atoms with Gasteiger partial charge in [0.15, 0.2) is 5.16 Å². The Bertz CT molecular complexity index is 500. The second-order valence-electron chi connectivity index (χ2n) is 4.45. The molecule has 1 N–H and O–H groups in total. The predicted molar refractivity (Wildman–Crippen MR) is 70.8 cm³/mol. The van der Waals surface area contributed by atoms with Crippen molar-refractivity contribution in [1.82, 2.24) is 14.9 Å². The fraction of sp³-hybridized carbons (Fsp3) is 0.583. The minimum absolute atomic E-state index is 0.114. The molecular weight excluding hydrogens is 250 g/mol. The number of hydrogen-bond donors (Lipinski definition) is 1. The lowest BCUT2D eigenvalue weighted by molar-refractivity contribution is -0.126. The van der Waals surface area contributed by atoms with E-state index in [4.69, 9.17) is 0 Å². The fourth-order valence-corrected chi connectivity index (χ4v) is 3.06. The highest BCUT2D eigenvalue weighted by molar-refractivity contribution is 8.00. The molecule has 0 unspecified atom stereocenters. The molecule has 0 aromatic carbocycles. The monoisotopic (exact) mass is 267 g/mol. The first kappa shape index (κ1) is 13.1. The zero-order valence-corrected chi connectivity index (χ0v) is 11.4. The van der Waals surface area contributed by atoms with Gasteiger partial charge in [-0.1, -0.05) is 25.1 Å². The van der Waals surface area contributed by atoms with Crippen LogP contribution in [0.15, 0.2) is 16.0 Å². The van der Waals surface area contributed by atoms with E-state index in [0.29, 0.717) is 5.16 Å². The molecule has 2 rings (SSSR count). The van der Waals surface area contributed by atoms with E-state index in [2.05, 4.69) is 9.97 Å². The summed E-state index contributed by atoms with van der Waals surface area (Å²) in [5.74, 6) is 0.114. The number of thioether (sulfide) groups is 1. The van der Waals surface area contributed by atoms with Gasteiger partial charge in [0.05, 0.1) is 5.25 Å². The molecule has 0 spiro atoms. The molecule has 6 heteroatoms. The van der Waals surface area contributed by atoms with Crippen LogP contribution in [0, 0.1) is 0 Å². The first-order valence-corrected chi connectivity index (χ1v) is 7.00. The van der Waals surface area contributed by atoms with Crippen molar-refractivity contribution < 1.29 is 4.79 Å². The molecule has 98 valence electrons. The number of hydrogen-bond acceptors (Lipinski definition) is 4. The molecule has 1 aliphatic rings. The first-order chi connectivity index (χ1) is 8.60. The Hall–Kier alpha value is -1.30. The molecule has 0 bridgehead atoms. The molecule has 1 amide bonds. The Kier molecular flexibility index (Phi) is 4.06. The van der Waals surface area contributed by atoms with Gasteiger partial charge in [0.2, 0.25) is 5.91 Å². The van der Waals surface area contributed by atoms with Crippen LogP contribution in [0.3, 0.4) is 0 Å². The van der Waals surface area contributed by atoms with Crippen LogP contribution in [0.2, 0.25) is 0 Å². The van der Waals surface area contributed by atoms with Gasteiger partial charge in [0.1, 0.15) is 0 Å². The minimum atomic E-state index is -0.144. The Morgan fingerprint density at radius 2 is 2.33 bits per heavy atom. The van der Waals surface area contributed by atoms with Crippen LogP contribution in [0.1, 0.15) is 25.5 Å². The molecule has 1 fully saturated rings. The van der Waals surface area contributed by atoms with E-state index in [1.54, 1.807) is 11.9 Å². The molecule has 1 aromatic heterocycles. The van der Waals surface area contributed by atoms with Crippen molar-refractivity contribution in [3.05, 3.63) is 22.1 Å². The number of rotatable bonds is 4. The summed E-state index contributed by atoms with van der Waals surface area (Å²) in [5.41, 5.74) is 0.650. The van der Waals surface area contributed by atoms with Crippen molar-refractivity contribution in [2.75, 3.05) is 13.6 Å². The van der Waals surface area contributed by atoms with Gasteiger partial charge in [-0.3, -0.25) is 9.59 Å². The van der Waals surface area contributed by atoms with E-state index in [0.717, 1.165) is 31.5 Å². The van der Waals surface area contributed by atoms with Crippen molar-refractivity contribution in [2.24, 2.45) is 0 Å². The van der Waals surface area contributed by atoms with Gasteiger partial charge in [-0.25, -0.2) is 4.98 Å². The van der Waals surface area contributed by atoms with Crippen molar-refractivity contribution in [3.8, 4) is 0 Å². The number of aromatic amines is 1. The third-order valence-electron chi connectivity index (χ3n) is 2.91. The molecule has 0 saturated carbocycles. The average Bonchev–Trinajstić information content (AvgIpc) is 2.61. The Labute approximate surface area is 110 Å². The zero-order chi connectivity index (χ0) is 13.1. The maximum Gasteiger partial charge on any atom is 0.251 e. The third kappa shape index (κ3) is 2.93. The number of likely N-dealkylation sites (tertiary alicyclic amines) is 1. The van der Waals surface area contributed by atoms with Crippen LogP contribution >= 0.6 is 11.8 Å². The zero-order valence-electron chi connectivity index (χ0n) is 10.6. The highest BCUT2D eigenvalue weighted by Crippen LogP contribution is 2.27. The van der Waals surface area contributed by atoms with Gasteiger partial charge in [0.25, 0.3) is 5.56 Å². The van der Waals surface area contributed by atoms with Gasteiger partial charge in [0, 0.05) is 25.4 Å². The largest absolute Gasteiger partial charge is 0.345 e. The number of carbonyl (C=O) groups is 1. The normalized spacial score (nSPS) is 19.6. The van der Waals surface area contributed by atoms with Crippen LogP contribution in [-0.2, 0) is 11.2 Å². The maximum atomic E-state index is 11.8. The van der Waals surface area contributed by atoms with Gasteiger partial charge < -0.3 is 9.88 Å². The number of aryl methyl sites for hydroxylation is 1. The summed E-state index contributed by atoms with van der Waals surface area (Å²) in [6.07, 6.45) is 2.55. The predicted octanol–water partition coefficient (Wildman–Crippen LogP) is 1.05. The number of nitrogens with zero attached hydrogens (tertiary/aromatic N) is 2. The molecule has 2 heterocycles. The maximum absolute atomic E-state index is 11.8. The smallest absolute Gasteiger partial charge is 0.251 e. The number of amides is 1. The summed E-state index contributed by atoms with van der Waals surface area (Å²) in [6.45, 7) is 2.82. The second kappa shape index (κ2) is 5.56. The van der Waals surface area contributed by atoms with Crippen molar-refractivity contribution in [3.63, 3.8) is 0 Å². The van der Waals surface area contributed by atoms with Gasteiger partial charge in [-0.2, -0.15) is 0 Å². The molecule has 5 nitrogen and oxygen atoms in total. The highest BCUT2D eigenvalue weighted by Gasteiger charge is 2.30. The minimum Gasteiger partial charge on any atom is -0.345 e. The molecule has 1 atom stereocenters. The van der Waals surface area contributed by atoms with Gasteiger partial charge >= 0.3 is 0 Å². The summed E-state index contributed by atoms with van der Waals surface area (Å²) >= 11 is 1.36.